The highest BCUT2D eigenvalue weighted by Crippen LogP contribution is 2.21. The number of aromatic nitrogens is 3. The minimum Gasteiger partial charge on any atom is -0.384 e. The smallest absolute Gasteiger partial charge is 0.329 e. The Hall–Kier alpha value is -3.19. The fourth-order valence-electron chi connectivity index (χ4n) is 3.61. The van der Waals surface area contributed by atoms with E-state index in [1.807, 2.05) is 19.9 Å². The Balaban J connectivity index is 2.29. The van der Waals surface area contributed by atoms with Gasteiger partial charge in [0.15, 0.2) is 0 Å². The van der Waals surface area contributed by atoms with E-state index in [4.69, 9.17) is 17.3 Å². The molecule has 0 saturated carbocycles. The summed E-state index contributed by atoms with van der Waals surface area (Å²) in [6.45, 7) is 7.39. The Labute approximate surface area is 178 Å². The normalized spacial score (nSPS) is 11.1. The van der Waals surface area contributed by atoms with Crippen LogP contribution in [0.5, 0.6) is 0 Å². The molecule has 0 aliphatic rings. The summed E-state index contributed by atoms with van der Waals surface area (Å²) in [7, 11) is 0. The third kappa shape index (κ3) is 4.36. The predicted molar refractivity (Wildman–Crippen MR) is 118 cm³/mol. The molecule has 3 rings (SSSR count). The van der Waals surface area contributed by atoms with E-state index in [9.17, 15) is 14.4 Å². The molecule has 2 aromatic heterocycles. The van der Waals surface area contributed by atoms with Crippen LogP contribution in [-0.4, -0.2) is 20.3 Å². The van der Waals surface area contributed by atoms with Crippen LogP contribution in [0, 0.1) is 13.8 Å². The van der Waals surface area contributed by atoms with Gasteiger partial charge in [-0.3, -0.25) is 19.1 Å². The van der Waals surface area contributed by atoms with E-state index >= 15 is 0 Å². The summed E-state index contributed by atoms with van der Waals surface area (Å²) in [5, 5.41) is 0.175. The maximum absolute atomic E-state index is 13.5. The first-order valence-electron chi connectivity index (χ1n) is 9.48. The summed E-state index contributed by atoms with van der Waals surface area (Å²) >= 11 is 5.99. The van der Waals surface area contributed by atoms with Crippen molar-refractivity contribution in [3.05, 3.63) is 89.8 Å². The third-order valence-electron chi connectivity index (χ3n) is 4.73. The zero-order chi connectivity index (χ0) is 22.2. The Morgan fingerprint density at radius 1 is 1.13 bits per heavy atom. The van der Waals surface area contributed by atoms with Gasteiger partial charge in [0.2, 0.25) is 5.78 Å². The van der Waals surface area contributed by atoms with Crippen molar-refractivity contribution in [2.45, 2.75) is 40.2 Å². The molecule has 30 heavy (non-hydrogen) atoms. The molecule has 0 spiro atoms. The Bertz CT molecular complexity index is 1220. The lowest BCUT2D eigenvalue weighted by molar-refractivity contribution is 0.102. The van der Waals surface area contributed by atoms with Gasteiger partial charge in [-0.15, -0.1) is 0 Å². The molecule has 8 heteroatoms. The SMILES string of the molecule is Cc1cc(C)cc(C(=O)c2c(C(C)C)c(=O)[nH]c(=O)n2Cc2cc(N)nc(Cl)c2)c1. The third-order valence-corrected chi connectivity index (χ3v) is 4.92. The second kappa shape index (κ2) is 8.28. The van der Waals surface area contributed by atoms with Gasteiger partial charge in [-0.25, -0.2) is 9.78 Å². The molecule has 0 saturated heterocycles. The highest BCUT2D eigenvalue weighted by atomic mass is 35.5. The molecule has 7 nitrogen and oxygen atoms in total. The largest absolute Gasteiger partial charge is 0.384 e. The molecule has 3 N–H and O–H groups in total. The lowest BCUT2D eigenvalue weighted by atomic mass is 9.95. The van der Waals surface area contributed by atoms with E-state index in [1.54, 1.807) is 38.1 Å². The van der Waals surface area contributed by atoms with Gasteiger partial charge in [-0.1, -0.05) is 42.6 Å². The number of hydrogen-bond donors (Lipinski definition) is 2. The molecule has 2 heterocycles. The van der Waals surface area contributed by atoms with Crippen LogP contribution in [0.1, 0.15) is 58.1 Å². The van der Waals surface area contributed by atoms with Crippen molar-refractivity contribution < 1.29 is 4.79 Å². The molecule has 0 fully saturated rings. The van der Waals surface area contributed by atoms with Crippen molar-refractivity contribution in [1.82, 2.24) is 14.5 Å². The van der Waals surface area contributed by atoms with Gasteiger partial charge < -0.3 is 5.73 Å². The van der Waals surface area contributed by atoms with Gasteiger partial charge in [0, 0.05) is 11.1 Å². The second-order valence-corrected chi connectivity index (χ2v) is 8.08. The fraction of sp³-hybridized carbons (Fsp3) is 0.273. The Morgan fingerprint density at radius 3 is 2.33 bits per heavy atom. The van der Waals surface area contributed by atoms with Crippen LogP contribution in [0.3, 0.4) is 0 Å². The van der Waals surface area contributed by atoms with E-state index in [0.717, 1.165) is 11.1 Å². The number of nitrogens with one attached hydrogen (secondary N) is 1. The zero-order valence-electron chi connectivity index (χ0n) is 17.2. The molecule has 0 amide bonds. The van der Waals surface area contributed by atoms with Crippen LogP contribution in [0.2, 0.25) is 5.15 Å². The number of aromatic amines is 1. The molecule has 0 unspecified atom stereocenters. The number of carbonyl (C=O) groups excluding carboxylic acids is 1. The van der Waals surface area contributed by atoms with Crippen molar-refractivity contribution >= 4 is 23.2 Å². The number of anilines is 1. The number of rotatable bonds is 5. The molecular formula is C22H23ClN4O3. The summed E-state index contributed by atoms with van der Waals surface area (Å²) in [5.74, 6) is -0.473. The summed E-state index contributed by atoms with van der Waals surface area (Å²) in [6.07, 6.45) is 0. The first-order chi connectivity index (χ1) is 14.1. The number of nitrogen functional groups attached to an aromatic ring is 1. The highest BCUT2D eigenvalue weighted by molar-refractivity contribution is 6.29. The van der Waals surface area contributed by atoms with Crippen LogP contribution in [-0.2, 0) is 6.54 Å². The van der Waals surface area contributed by atoms with Crippen molar-refractivity contribution in [3.63, 3.8) is 0 Å². The van der Waals surface area contributed by atoms with Crippen molar-refractivity contribution in [2.24, 2.45) is 0 Å². The number of pyridine rings is 1. The first-order valence-corrected chi connectivity index (χ1v) is 9.86. The monoisotopic (exact) mass is 426 g/mol. The highest BCUT2D eigenvalue weighted by Gasteiger charge is 2.25. The van der Waals surface area contributed by atoms with Crippen LogP contribution < -0.4 is 17.0 Å². The predicted octanol–water partition coefficient (Wildman–Crippen LogP) is 3.19. The molecule has 0 radical (unpaired) electrons. The number of hydrogen-bond acceptors (Lipinski definition) is 5. The van der Waals surface area contributed by atoms with Crippen molar-refractivity contribution in [3.8, 4) is 0 Å². The number of carbonyl (C=O) groups is 1. The number of nitrogens with two attached hydrogens (primary N) is 1. The topological polar surface area (TPSA) is 111 Å². The van der Waals surface area contributed by atoms with Gasteiger partial charge in [-0.2, -0.15) is 0 Å². The van der Waals surface area contributed by atoms with Gasteiger partial charge in [0.1, 0.15) is 16.7 Å². The van der Waals surface area contributed by atoms with E-state index in [2.05, 4.69) is 9.97 Å². The number of ketones is 1. The number of H-pyrrole nitrogens is 1. The summed E-state index contributed by atoms with van der Waals surface area (Å²) in [6, 6.07) is 8.58. The molecule has 156 valence electrons. The average molecular weight is 427 g/mol. The van der Waals surface area contributed by atoms with Crippen molar-refractivity contribution in [1.29, 1.82) is 0 Å². The second-order valence-electron chi connectivity index (χ2n) is 7.69. The maximum atomic E-state index is 13.5. The molecule has 1 aromatic carbocycles. The Morgan fingerprint density at radius 2 is 1.77 bits per heavy atom. The molecule has 0 bridgehead atoms. The van der Waals surface area contributed by atoms with Crippen LogP contribution >= 0.6 is 11.6 Å². The van der Waals surface area contributed by atoms with Gasteiger partial charge in [0.25, 0.3) is 5.56 Å². The molecular weight excluding hydrogens is 404 g/mol. The van der Waals surface area contributed by atoms with E-state index in [-0.39, 0.29) is 40.5 Å². The lowest BCUT2D eigenvalue weighted by Crippen LogP contribution is -2.38. The summed E-state index contributed by atoms with van der Waals surface area (Å²) < 4.78 is 1.27. The van der Waals surface area contributed by atoms with E-state index < -0.39 is 11.2 Å². The molecule has 0 aliphatic heterocycles. The maximum Gasteiger partial charge on any atom is 0.329 e. The van der Waals surface area contributed by atoms with Gasteiger partial charge >= 0.3 is 5.69 Å². The number of halogens is 1. The molecule has 0 atom stereocenters. The minimum atomic E-state index is -0.677. The summed E-state index contributed by atoms with van der Waals surface area (Å²) in [4.78, 5) is 45.2. The van der Waals surface area contributed by atoms with Gasteiger partial charge in [-0.05, 0) is 49.6 Å². The lowest BCUT2D eigenvalue weighted by Gasteiger charge is -2.18. The quantitative estimate of drug-likeness (QED) is 0.480. The standard InChI is InChI=1S/C22H23ClN4O3/c1-11(2)18-19(20(28)15-6-12(3)5-13(4)7-15)27(22(30)26-21(18)29)10-14-8-16(23)25-17(24)9-14/h5-9,11H,10H2,1-4H3,(H2,24,25)(H,26,29,30). The van der Waals surface area contributed by atoms with Crippen molar-refractivity contribution in [2.75, 3.05) is 5.73 Å². The number of benzene rings is 1. The first kappa shape index (κ1) is 21.5. The number of aryl methyl sites for hydroxylation is 2. The zero-order valence-corrected chi connectivity index (χ0v) is 18.0. The van der Waals surface area contributed by atoms with Crippen LogP contribution in [0.15, 0.2) is 39.9 Å². The van der Waals surface area contributed by atoms with Crippen LogP contribution in [0.4, 0.5) is 5.82 Å². The van der Waals surface area contributed by atoms with Crippen LogP contribution in [0.25, 0.3) is 0 Å². The number of nitrogens with zero attached hydrogens (tertiary/aromatic N) is 2. The van der Waals surface area contributed by atoms with E-state index in [0.29, 0.717) is 11.1 Å². The fourth-order valence-corrected chi connectivity index (χ4v) is 3.84. The molecule has 0 aliphatic carbocycles. The van der Waals surface area contributed by atoms with E-state index in [1.165, 1.54) is 4.57 Å². The average Bonchev–Trinajstić information content (AvgIpc) is 2.61. The minimum absolute atomic E-state index is 0.00758. The Kier molecular flexibility index (Phi) is 5.94. The van der Waals surface area contributed by atoms with Gasteiger partial charge in [0.05, 0.1) is 6.54 Å². The summed E-state index contributed by atoms with van der Waals surface area (Å²) in [5.41, 5.74) is 7.68. The molecule has 3 aromatic rings.